The van der Waals surface area contributed by atoms with E-state index in [2.05, 4.69) is 0 Å². The number of furan rings is 1. The molecule has 106 valence electrons. The van der Waals surface area contributed by atoms with Crippen molar-refractivity contribution in [2.45, 2.75) is 19.8 Å². The first kappa shape index (κ1) is 14.2. The number of hydrogen-bond donors (Lipinski definition) is 0. The molecular formula is C16H18O4. The Morgan fingerprint density at radius 1 is 1.20 bits per heavy atom. The highest BCUT2D eigenvalue weighted by molar-refractivity contribution is 5.87. The summed E-state index contributed by atoms with van der Waals surface area (Å²) in [6.45, 7) is 2.46. The summed E-state index contributed by atoms with van der Waals surface area (Å²) in [6.07, 6.45) is 1.84. The van der Waals surface area contributed by atoms with Gasteiger partial charge in [-0.15, -0.1) is 0 Å². The second-order valence-corrected chi connectivity index (χ2v) is 4.35. The molecule has 0 aliphatic rings. The minimum atomic E-state index is -0.431. The zero-order valence-corrected chi connectivity index (χ0v) is 11.7. The van der Waals surface area contributed by atoms with Crippen molar-refractivity contribution < 1.29 is 18.7 Å². The van der Waals surface area contributed by atoms with Crippen LogP contribution in [0.4, 0.5) is 0 Å². The van der Waals surface area contributed by atoms with Crippen LogP contribution in [0.1, 0.15) is 30.3 Å². The van der Waals surface area contributed by atoms with Crippen LogP contribution in [0.25, 0.3) is 11.3 Å². The van der Waals surface area contributed by atoms with E-state index >= 15 is 0 Å². The lowest BCUT2D eigenvalue weighted by Gasteiger charge is -2.05. The number of carbonyl (C=O) groups excluding carboxylic acids is 1. The minimum Gasteiger partial charge on any atom is -0.496 e. The van der Waals surface area contributed by atoms with Crippen molar-refractivity contribution in [2.24, 2.45) is 0 Å². The van der Waals surface area contributed by atoms with Crippen molar-refractivity contribution in [1.82, 2.24) is 0 Å². The van der Waals surface area contributed by atoms with E-state index < -0.39 is 5.97 Å². The molecule has 4 heteroatoms. The second-order valence-electron chi connectivity index (χ2n) is 4.35. The van der Waals surface area contributed by atoms with Crippen molar-refractivity contribution in [3.05, 3.63) is 42.2 Å². The molecule has 0 atom stereocenters. The van der Waals surface area contributed by atoms with Gasteiger partial charge in [-0.2, -0.15) is 0 Å². The smallest absolute Gasteiger partial charge is 0.374 e. The third kappa shape index (κ3) is 3.20. The molecule has 0 unspecified atom stereocenters. The highest BCUT2D eigenvalue weighted by Gasteiger charge is 2.15. The summed E-state index contributed by atoms with van der Waals surface area (Å²) in [7, 11) is 1.60. The van der Waals surface area contributed by atoms with Gasteiger partial charge in [-0.1, -0.05) is 25.5 Å². The fraction of sp³-hybridized carbons (Fsp3) is 0.312. The molecule has 0 saturated heterocycles. The van der Waals surface area contributed by atoms with Gasteiger partial charge in [0.15, 0.2) is 0 Å². The highest BCUT2D eigenvalue weighted by atomic mass is 16.5. The van der Waals surface area contributed by atoms with Crippen LogP contribution in [0.5, 0.6) is 5.75 Å². The first-order valence-electron chi connectivity index (χ1n) is 6.66. The molecule has 0 bridgehead atoms. The molecule has 4 nitrogen and oxygen atoms in total. The Kier molecular flexibility index (Phi) is 4.82. The van der Waals surface area contributed by atoms with Gasteiger partial charge in [-0.3, -0.25) is 0 Å². The molecule has 0 amide bonds. The maximum Gasteiger partial charge on any atom is 0.374 e. The topological polar surface area (TPSA) is 48.7 Å². The number of unbranched alkanes of at least 4 members (excludes halogenated alkanes) is 1. The van der Waals surface area contributed by atoms with Gasteiger partial charge in [0.1, 0.15) is 11.5 Å². The quantitative estimate of drug-likeness (QED) is 0.592. The summed E-state index contributed by atoms with van der Waals surface area (Å²) in [4.78, 5) is 11.8. The molecule has 0 spiro atoms. The average molecular weight is 274 g/mol. The molecule has 0 fully saturated rings. The predicted octanol–water partition coefficient (Wildman–Crippen LogP) is 3.91. The lowest BCUT2D eigenvalue weighted by Crippen LogP contribution is -2.04. The number of ether oxygens (including phenoxy) is 2. The zero-order valence-electron chi connectivity index (χ0n) is 11.7. The predicted molar refractivity (Wildman–Crippen MR) is 75.9 cm³/mol. The normalized spacial score (nSPS) is 10.3. The number of esters is 1. The molecule has 1 heterocycles. The summed E-state index contributed by atoms with van der Waals surface area (Å²) in [5.41, 5.74) is 0.808. The Labute approximate surface area is 118 Å². The highest BCUT2D eigenvalue weighted by Crippen LogP contribution is 2.30. The van der Waals surface area contributed by atoms with Gasteiger partial charge < -0.3 is 13.9 Å². The van der Waals surface area contributed by atoms with Crippen LogP contribution in [-0.2, 0) is 4.74 Å². The first-order valence-corrected chi connectivity index (χ1v) is 6.66. The van der Waals surface area contributed by atoms with Gasteiger partial charge in [0.25, 0.3) is 0 Å². The van der Waals surface area contributed by atoms with E-state index in [-0.39, 0.29) is 5.76 Å². The van der Waals surface area contributed by atoms with Crippen molar-refractivity contribution in [2.75, 3.05) is 13.7 Å². The first-order chi connectivity index (χ1) is 9.76. The summed E-state index contributed by atoms with van der Waals surface area (Å²) in [5, 5.41) is 0. The average Bonchev–Trinajstić information content (AvgIpc) is 2.97. The van der Waals surface area contributed by atoms with Crippen molar-refractivity contribution in [1.29, 1.82) is 0 Å². The maximum absolute atomic E-state index is 11.8. The van der Waals surface area contributed by atoms with Crippen molar-refractivity contribution in [3.63, 3.8) is 0 Å². The number of hydrogen-bond acceptors (Lipinski definition) is 4. The molecule has 0 aliphatic carbocycles. The molecule has 0 radical (unpaired) electrons. The standard InChI is InChI=1S/C16H18O4/c1-3-4-11-19-16(17)15-10-9-14(20-15)12-7-5-6-8-13(12)18-2/h5-10H,3-4,11H2,1-2H3. The van der Waals surface area contributed by atoms with E-state index in [0.29, 0.717) is 18.1 Å². The number of benzene rings is 1. The van der Waals surface area contributed by atoms with Crippen LogP contribution in [0.3, 0.4) is 0 Å². The van der Waals surface area contributed by atoms with E-state index in [1.165, 1.54) is 0 Å². The fourth-order valence-electron chi connectivity index (χ4n) is 1.82. The van der Waals surface area contributed by atoms with E-state index in [9.17, 15) is 4.79 Å². The van der Waals surface area contributed by atoms with E-state index in [0.717, 1.165) is 18.4 Å². The van der Waals surface area contributed by atoms with Gasteiger partial charge >= 0.3 is 5.97 Å². The second kappa shape index (κ2) is 6.80. The van der Waals surface area contributed by atoms with Gasteiger partial charge in [0.05, 0.1) is 19.3 Å². The van der Waals surface area contributed by atoms with Crippen LogP contribution in [0, 0.1) is 0 Å². The van der Waals surface area contributed by atoms with Crippen LogP contribution in [0.15, 0.2) is 40.8 Å². The van der Waals surface area contributed by atoms with Crippen LogP contribution in [0.2, 0.25) is 0 Å². The van der Waals surface area contributed by atoms with Gasteiger partial charge in [0.2, 0.25) is 5.76 Å². The Morgan fingerprint density at radius 2 is 2.00 bits per heavy atom. The fourth-order valence-corrected chi connectivity index (χ4v) is 1.82. The Hall–Kier alpha value is -2.23. The number of rotatable bonds is 6. The van der Waals surface area contributed by atoms with E-state index in [1.807, 2.05) is 31.2 Å². The van der Waals surface area contributed by atoms with Crippen molar-refractivity contribution >= 4 is 5.97 Å². The zero-order chi connectivity index (χ0) is 14.4. The summed E-state index contributed by atoms with van der Waals surface area (Å²) in [5.74, 6) is 1.07. The van der Waals surface area contributed by atoms with Crippen molar-refractivity contribution in [3.8, 4) is 17.1 Å². The molecule has 0 saturated carbocycles. The molecule has 1 aromatic heterocycles. The third-order valence-electron chi connectivity index (χ3n) is 2.91. The number of carbonyl (C=O) groups is 1. The lowest BCUT2D eigenvalue weighted by atomic mass is 10.1. The Bertz CT molecular complexity index is 571. The van der Waals surface area contributed by atoms with Crippen LogP contribution < -0.4 is 4.74 Å². The van der Waals surface area contributed by atoms with E-state index in [4.69, 9.17) is 13.9 Å². The number of para-hydroxylation sites is 1. The lowest BCUT2D eigenvalue weighted by molar-refractivity contribution is 0.0464. The molecule has 0 N–H and O–H groups in total. The van der Waals surface area contributed by atoms with Gasteiger partial charge in [0, 0.05) is 0 Å². The summed E-state index contributed by atoms with van der Waals surface area (Å²) < 4.78 is 15.9. The molecule has 1 aromatic carbocycles. The van der Waals surface area contributed by atoms with Crippen LogP contribution >= 0.6 is 0 Å². The maximum atomic E-state index is 11.8. The summed E-state index contributed by atoms with van der Waals surface area (Å²) in [6, 6.07) is 10.9. The number of methoxy groups -OCH3 is 1. The minimum absolute atomic E-state index is 0.210. The molecule has 20 heavy (non-hydrogen) atoms. The third-order valence-corrected chi connectivity index (χ3v) is 2.91. The molecule has 2 aromatic rings. The SMILES string of the molecule is CCCCOC(=O)c1ccc(-c2ccccc2OC)o1. The summed E-state index contributed by atoms with van der Waals surface area (Å²) >= 11 is 0. The molecule has 0 aliphatic heterocycles. The molecular weight excluding hydrogens is 256 g/mol. The van der Waals surface area contributed by atoms with Gasteiger partial charge in [-0.25, -0.2) is 4.79 Å². The molecule has 2 rings (SSSR count). The van der Waals surface area contributed by atoms with Gasteiger partial charge in [-0.05, 0) is 30.7 Å². The largest absolute Gasteiger partial charge is 0.496 e. The van der Waals surface area contributed by atoms with E-state index in [1.54, 1.807) is 19.2 Å². The van der Waals surface area contributed by atoms with Crippen LogP contribution in [-0.4, -0.2) is 19.7 Å². The monoisotopic (exact) mass is 274 g/mol. The Balaban J connectivity index is 2.14. The Morgan fingerprint density at radius 3 is 2.75 bits per heavy atom.